The molecule has 12 nitrogen and oxygen atoms in total. The van der Waals surface area contributed by atoms with Gasteiger partial charge in [-0.25, -0.2) is 9.18 Å². The first-order valence-electron chi connectivity index (χ1n) is 15.2. The molecule has 0 radical (unpaired) electrons. The topological polar surface area (TPSA) is 193 Å². The SMILES string of the molecule is C=C1c2c(sc(N)c2C)N(CCc2cc(F)ccc2OC)C(=O)N1C(C)(C)C.N=CC=N.O=COCc1ccccc1.OCCC(O)CO. The highest BCUT2D eigenvalue weighted by Crippen LogP contribution is 2.47. The number of nitrogens with zero attached hydrogens (tertiary/aromatic N) is 2. The highest BCUT2D eigenvalue weighted by atomic mass is 32.1. The van der Waals surface area contributed by atoms with Gasteiger partial charge in [0.1, 0.15) is 23.2 Å². The van der Waals surface area contributed by atoms with Crippen molar-refractivity contribution in [2.75, 3.05) is 37.5 Å². The van der Waals surface area contributed by atoms with Crippen LogP contribution in [0.25, 0.3) is 5.70 Å². The Hall–Kier alpha value is -4.63. The van der Waals surface area contributed by atoms with Gasteiger partial charge in [-0.15, -0.1) is 0 Å². The largest absolute Gasteiger partial charge is 0.496 e. The number of aliphatic hydroxyl groups is 3. The molecule has 0 fully saturated rings. The summed E-state index contributed by atoms with van der Waals surface area (Å²) in [5.74, 6) is 0.271. The summed E-state index contributed by atoms with van der Waals surface area (Å²) in [7, 11) is 1.55. The van der Waals surface area contributed by atoms with Crippen LogP contribution < -0.4 is 15.4 Å². The fraction of sp³-hybridized carbons (Fsp3) is 0.371. The van der Waals surface area contributed by atoms with Crippen molar-refractivity contribution in [3.05, 3.63) is 83.2 Å². The first-order valence-corrected chi connectivity index (χ1v) is 16.0. The van der Waals surface area contributed by atoms with E-state index in [2.05, 4.69) is 11.3 Å². The number of methoxy groups -OCH3 is 1. The minimum Gasteiger partial charge on any atom is -0.496 e. The molecule has 0 saturated heterocycles. The van der Waals surface area contributed by atoms with Gasteiger partial charge in [0.25, 0.3) is 6.47 Å². The maximum absolute atomic E-state index is 13.7. The zero-order chi connectivity index (χ0) is 37.1. The number of hydrogen-bond donors (Lipinski definition) is 6. The molecule has 2 amide bonds. The van der Waals surface area contributed by atoms with Gasteiger partial charge >= 0.3 is 6.03 Å². The number of nitrogens with two attached hydrogens (primary N) is 1. The fourth-order valence-electron chi connectivity index (χ4n) is 4.49. The Labute approximate surface area is 291 Å². The van der Waals surface area contributed by atoms with Crippen molar-refractivity contribution in [1.82, 2.24) is 4.90 Å². The number of aliphatic hydroxyl groups excluding tert-OH is 3. The molecular weight excluding hydrogens is 653 g/mol. The minimum atomic E-state index is -0.745. The molecule has 268 valence electrons. The molecule has 1 unspecified atom stereocenters. The first kappa shape index (κ1) is 42.4. The number of carbonyl (C=O) groups is 2. The molecule has 0 bridgehead atoms. The number of hydrogen-bond acceptors (Lipinski definition) is 11. The number of ether oxygens (including phenoxy) is 2. The molecule has 4 rings (SSSR count). The van der Waals surface area contributed by atoms with Crippen LogP contribution in [-0.4, -0.2) is 83.7 Å². The van der Waals surface area contributed by atoms with Crippen molar-refractivity contribution >= 4 is 52.0 Å². The van der Waals surface area contributed by atoms with Gasteiger partial charge in [0, 0.05) is 42.4 Å². The van der Waals surface area contributed by atoms with Crippen molar-refractivity contribution in [3.8, 4) is 5.75 Å². The number of urea groups is 1. The van der Waals surface area contributed by atoms with Gasteiger partial charge in [0.05, 0.1) is 24.8 Å². The highest BCUT2D eigenvalue weighted by Gasteiger charge is 2.41. The van der Waals surface area contributed by atoms with Crippen LogP contribution in [0.1, 0.15) is 49.4 Å². The number of benzene rings is 2. The van der Waals surface area contributed by atoms with Crippen LogP contribution in [0, 0.1) is 23.6 Å². The smallest absolute Gasteiger partial charge is 0.330 e. The molecule has 49 heavy (non-hydrogen) atoms. The Morgan fingerprint density at radius 1 is 1.12 bits per heavy atom. The molecule has 2 heterocycles. The lowest BCUT2D eigenvalue weighted by molar-refractivity contribution is -0.129. The molecule has 2 aromatic carbocycles. The molecule has 1 atom stereocenters. The molecule has 3 aromatic rings. The normalized spacial score (nSPS) is 12.5. The molecule has 0 saturated carbocycles. The van der Waals surface area contributed by atoms with E-state index in [1.165, 1.54) is 23.5 Å². The lowest BCUT2D eigenvalue weighted by Crippen LogP contribution is -2.53. The molecule has 0 spiro atoms. The summed E-state index contributed by atoms with van der Waals surface area (Å²) in [5.41, 5.74) is 9.95. The Bertz CT molecular complexity index is 1510. The number of fused-ring (bicyclic) bond motifs is 1. The van der Waals surface area contributed by atoms with E-state index in [0.717, 1.165) is 34.1 Å². The quantitative estimate of drug-likeness (QED) is 0.113. The van der Waals surface area contributed by atoms with Crippen LogP contribution >= 0.6 is 11.3 Å². The van der Waals surface area contributed by atoms with Crippen LogP contribution in [0.5, 0.6) is 5.75 Å². The van der Waals surface area contributed by atoms with E-state index < -0.39 is 11.6 Å². The second-order valence-electron chi connectivity index (χ2n) is 11.4. The number of rotatable bonds is 11. The van der Waals surface area contributed by atoms with Gasteiger partial charge in [-0.2, -0.15) is 0 Å². The van der Waals surface area contributed by atoms with Gasteiger partial charge in [0.2, 0.25) is 0 Å². The lowest BCUT2D eigenvalue weighted by atomic mass is 9.99. The second kappa shape index (κ2) is 21.4. The predicted molar refractivity (Wildman–Crippen MR) is 193 cm³/mol. The number of thiophene rings is 1. The van der Waals surface area contributed by atoms with E-state index in [0.29, 0.717) is 48.1 Å². The van der Waals surface area contributed by atoms with Gasteiger partial charge in [-0.05, 0) is 75.4 Å². The zero-order valence-corrected chi connectivity index (χ0v) is 29.4. The van der Waals surface area contributed by atoms with Gasteiger partial charge < -0.3 is 41.3 Å². The van der Waals surface area contributed by atoms with Crippen LogP contribution in [0.15, 0.2) is 55.1 Å². The molecule has 1 aliphatic heterocycles. The number of halogens is 1. The number of amides is 2. The number of nitrogen functional groups attached to an aromatic ring is 1. The van der Waals surface area contributed by atoms with Gasteiger partial charge in [-0.1, -0.05) is 48.2 Å². The summed E-state index contributed by atoms with van der Waals surface area (Å²) < 4.78 is 23.6. The second-order valence-corrected chi connectivity index (χ2v) is 12.5. The number of anilines is 2. The Balaban J connectivity index is 0.000000464. The summed E-state index contributed by atoms with van der Waals surface area (Å²) in [6.07, 6.45) is 1.80. The number of carbonyl (C=O) groups excluding carboxylic acids is 2. The minimum absolute atomic E-state index is 0.0677. The summed E-state index contributed by atoms with van der Waals surface area (Å²) >= 11 is 1.38. The average Bonchev–Trinajstić information content (AvgIpc) is 3.37. The summed E-state index contributed by atoms with van der Waals surface area (Å²) in [5, 5.41) is 38.3. The summed E-state index contributed by atoms with van der Waals surface area (Å²) in [6, 6.07) is 13.8. The summed E-state index contributed by atoms with van der Waals surface area (Å²) in [4.78, 5) is 26.5. The Morgan fingerprint density at radius 2 is 1.76 bits per heavy atom. The van der Waals surface area contributed by atoms with E-state index in [4.69, 9.17) is 36.6 Å². The maximum atomic E-state index is 13.7. The molecule has 1 aliphatic rings. The van der Waals surface area contributed by atoms with Crippen molar-refractivity contribution in [2.45, 2.75) is 58.8 Å². The lowest BCUT2D eigenvalue weighted by Gasteiger charge is -2.44. The molecule has 1 aromatic heterocycles. The molecular formula is C35H48FN5O7S. The van der Waals surface area contributed by atoms with Crippen LogP contribution in [0.2, 0.25) is 0 Å². The third-order valence-corrected chi connectivity index (χ3v) is 7.97. The van der Waals surface area contributed by atoms with E-state index in [-0.39, 0.29) is 31.5 Å². The van der Waals surface area contributed by atoms with Crippen LogP contribution in [0.4, 0.5) is 19.2 Å². The third kappa shape index (κ3) is 13.1. The van der Waals surface area contributed by atoms with Crippen molar-refractivity contribution in [2.24, 2.45) is 0 Å². The molecule has 0 aliphatic carbocycles. The monoisotopic (exact) mass is 701 g/mol. The first-order chi connectivity index (χ1) is 23.2. The Morgan fingerprint density at radius 3 is 2.24 bits per heavy atom. The van der Waals surface area contributed by atoms with Crippen molar-refractivity contribution in [3.63, 3.8) is 0 Å². The van der Waals surface area contributed by atoms with E-state index >= 15 is 0 Å². The molecule has 14 heteroatoms. The zero-order valence-electron chi connectivity index (χ0n) is 28.6. The maximum Gasteiger partial charge on any atom is 0.330 e. The van der Waals surface area contributed by atoms with E-state index in [1.807, 2.05) is 58.0 Å². The summed E-state index contributed by atoms with van der Waals surface area (Å²) in [6.45, 7) is 12.9. The van der Waals surface area contributed by atoms with Crippen molar-refractivity contribution < 1.29 is 38.8 Å². The average molecular weight is 702 g/mol. The Kier molecular flexibility index (Phi) is 18.5. The fourth-order valence-corrected chi connectivity index (χ4v) is 5.60. The van der Waals surface area contributed by atoms with Crippen LogP contribution in [0.3, 0.4) is 0 Å². The van der Waals surface area contributed by atoms with Crippen molar-refractivity contribution in [1.29, 1.82) is 10.8 Å². The van der Waals surface area contributed by atoms with Gasteiger partial charge in [-0.3, -0.25) is 14.6 Å². The van der Waals surface area contributed by atoms with E-state index in [1.54, 1.807) is 23.0 Å². The predicted octanol–water partition coefficient (Wildman–Crippen LogP) is 5.41. The number of nitrogens with one attached hydrogen (secondary N) is 2. The standard InChI is InChI=1S/C21H26FN3O2S.C8H8O2.C4H10O3.C2H4N2/c1-12-17-13(2)25(21(3,4)5)20(26)24(19(17)28-18(12)23)10-9-14-11-15(22)7-8-16(14)27-6;9-7-10-6-8-4-2-1-3-5-8;5-2-1-4(7)3-6;3-1-2-4/h7-8,11H,2,9-10,23H2,1,3-6H3;1-5,7H,6H2;4-7H,1-3H2;1-4H. The third-order valence-electron chi connectivity index (χ3n) is 6.83. The van der Waals surface area contributed by atoms with Gasteiger partial charge in [0.15, 0.2) is 0 Å². The van der Waals surface area contributed by atoms with Crippen LogP contribution in [-0.2, 0) is 22.6 Å². The van der Waals surface area contributed by atoms with E-state index in [9.17, 15) is 14.0 Å². The highest BCUT2D eigenvalue weighted by molar-refractivity contribution is 7.20. The molecule has 7 N–H and O–H groups in total.